The first-order valence-corrected chi connectivity index (χ1v) is 11.5. The number of hydrogen-bond acceptors (Lipinski definition) is 6. The fourth-order valence-electron chi connectivity index (χ4n) is 4.57. The third-order valence-corrected chi connectivity index (χ3v) is 6.41. The van der Waals surface area contributed by atoms with Crippen LogP contribution in [0.1, 0.15) is 43.1 Å². The number of anilines is 1. The summed E-state index contributed by atoms with van der Waals surface area (Å²) in [4.78, 5) is 39.2. The van der Waals surface area contributed by atoms with Crippen molar-refractivity contribution in [3.8, 4) is 6.07 Å². The van der Waals surface area contributed by atoms with E-state index in [2.05, 4.69) is 16.0 Å². The molecule has 0 spiro atoms. The lowest BCUT2D eigenvalue weighted by molar-refractivity contribution is -0.131. The quantitative estimate of drug-likeness (QED) is 0.603. The molecular weight excluding hydrogens is 416 g/mol. The Morgan fingerprint density at radius 2 is 1.94 bits per heavy atom. The van der Waals surface area contributed by atoms with Gasteiger partial charge in [-0.2, -0.15) is 5.26 Å². The average Bonchev–Trinajstić information content (AvgIpc) is 3.70. The molecule has 33 heavy (non-hydrogen) atoms. The number of carbonyl (C=O) groups is 1. The van der Waals surface area contributed by atoms with E-state index < -0.39 is 0 Å². The highest BCUT2D eigenvalue weighted by Gasteiger charge is 2.29. The van der Waals surface area contributed by atoms with Crippen LogP contribution >= 0.6 is 0 Å². The van der Waals surface area contributed by atoms with Gasteiger partial charge in [0.05, 0.1) is 16.5 Å². The molecule has 0 N–H and O–H groups in total. The standard InChI is InChI=1S/C25H26N6O2/c26-17-18-5-3-12-27-24(18)30-14-4-13-29(15-16-30)23(32)11-10-22-28-21-7-2-1-6-20(21)25(33)31(22)19-8-9-19/h1-3,5-7,12,19H,4,8-11,13-16H2. The molecule has 3 heterocycles. The predicted molar refractivity (Wildman–Crippen MR) is 125 cm³/mol. The molecule has 2 aromatic heterocycles. The molecule has 1 aliphatic heterocycles. The summed E-state index contributed by atoms with van der Waals surface area (Å²) in [5, 5.41) is 10.0. The van der Waals surface area contributed by atoms with Crippen LogP contribution in [-0.2, 0) is 11.2 Å². The van der Waals surface area contributed by atoms with E-state index in [1.54, 1.807) is 18.3 Å². The van der Waals surface area contributed by atoms with Crippen molar-refractivity contribution in [3.05, 3.63) is 64.3 Å². The van der Waals surface area contributed by atoms with Crippen molar-refractivity contribution >= 4 is 22.6 Å². The molecular formula is C25H26N6O2. The summed E-state index contributed by atoms with van der Waals surface area (Å²) in [6.07, 6.45) is 5.26. The van der Waals surface area contributed by atoms with Gasteiger partial charge in [0, 0.05) is 51.3 Å². The molecule has 5 rings (SSSR count). The second kappa shape index (κ2) is 9.02. The molecule has 2 aliphatic rings. The van der Waals surface area contributed by atoms with E-state index in [9.17, 15) is 14.9 Å². The van der Waals surface area contributed by atoms with Crippen LogP contribution in [0.4, 0.5) is 5.82 Å². The molecule has 0 unspecified atom stereocenters. The van der Waals surface area contributed by atoms with Gasteiger partial charge < -0.3 is 9.80 Å². The second-order valence-corrected chi connectivity index (χ2v) is 8.66. The van der Waals surface area contributed by atoms with Crippen LogP contribution in [0.15, 0.2) is 47.4 Å². The number of pyridine rings is 1. The Balaban J connectivity index is 1.28. The van der Waals surface area contributed by atoms with E-state index in [-0.39, 0.29) is 17.5 Å². The Morgan fingerprint density at radius 3 is 2.76 bits per heavy atom. The van der Waals surface area contributed by atoms with Crippen molar-refractivity contribution in [1.82, 2.24) is 19.4 Å². The highest BCUT2D eigenvalue weighted by atomic mass is 16.2. The largest absolute Gasteiger partial charge is 0.354 e. The van der Waals surface area contributed by atoms with E-state index in [0.717, 1.165) is 25.8 Å². The summed E-state index contributed by atoms with van der Waals surface area (Å²) in [7, 11) is 0. The van der Waals surface area contributed by atoms with Gasteiger partial charge in [-0.05, 0) is 43.5 Å². The maximum atomic E-state index is 13.1. The monoisotopic (exact) mass is 442 g/mol. The van der Waals surface area contributed by atoms with Gasteiger partial charge in [0.25, 0.3) is 5.56 Å². The van der Waals surface area contributed by atoms with Crippen molar-refractivity contribution in [1.29, 1.82) is 5.26 Å². The fraction of sp³-hybridized carbons (Fsp3) is 0.400. The Morgan fingerprint density at radius 1 is 1.09 bits per heavy atom. The van der Waals surface area contributed by atoms with Gasteiger partial charge in [-0.3, -0.25) is 14.2 Å². The zero-order valence-corrected chi connectivity index (χ0v) is 18.5. The van der Waals surface area contributed by atoms with Crippen molar-refractivity contribution in [3.63, 3.8) is 0 Å². The number of amides is 1. The van der Waals surface area contributed by atoms with Gasteiger partial charge in [0.15, 0.2) is 0 Å². The first kappa shape index (κ1) is 21.1. The number of fused-ring (bicyclic) bond motifs is 1. The second-order valence-electron chi connectivity index (χ2n) is 8.66. The molecule has 1 aliphatic carbocycles. The van der Waals surface area contributed by atoms with Crippen LogP contribution in [-0.4, -0.2) is 51.5 Å². The molecule has 1 amide bonds. The number of benzene rings is 1. The molecule has 0 atom stereocenters. The molecule has 1 saturated heterocycles. The number of aromatic nitrogens is 3. The van der Waals surface area contributed by atoms with Gasteiger partial charge >= 0.3 is 0 Å². The molecule has 8 nitrogen and oxygen atoms in total. The minimum Gasteiger partial charge on any atom is -0.354 e. The average molecular weight is 443 g/mol. The van der Waals surface area contributed by atoms with Gasteiger partial charge in [0.2, 0.25) is 5.91 Å². The summed E-state index contributed by atoms with van der Waals surface area (Å²) in [6, 6.07) is 13.4. The Bertz CT molecular complexity index is 1290. The number of aryl methyl sites for hydroxylation is 1. The Hall–Kier alpha value is -3.73. The lowest BCUT2D eigenvalue weighted by Gasteiger charge is -2.23. The van der Waals surface area contributed by atoms with Gasteiger partial charge in [-0.15, -0.1) is 0 Å². The zero-order valence-electron chi connectivity index (χ0n) is 18.5. The molecule has 8 heteroatoms. The summed E-state index contributed by atoms with van der Waals surface area (Å²) in [5.41, 5.74) is 1.24. The van der Waals surface area contributed by atoms with E-state index in [1.807, 2.05) is 33.7 Å². The maximum absolute atomic E-state index is 13.1. The summed E-state index contributed by atoms with van der Waals surface area (Å²) < 4.78 is 1.81. The summed E-state index contributed by atoms with van der Waals surface area (Å²) in [6.45, 7) is 2.65. The Kier molecular flexibility index (Phi) is 5.78. The van der Waals surface area contributed by atoms with E-state index >= 15 is 0 Å². The highest BCUT2D eigenvalue weighted by molar-refractivity contribution is 5.78. The third kappa shape index (κ3) is 4.31. The van der Waals surface area contributed by atoms with Gasteiger partial charge in [-0.25, -0.2) is 9.97 Å². The minimum absolute atomic E-state index is 0.000351. The summed E-state index contributed by atoms with van der Waals surface area (Å²) in [5.74, 6) is 1.46. The van der Waals surface area contributed by atoms with Crippen molar-refractivity contribution in [2.75, 3.05) is 31.1 Å². The lowest BCUT2D eigenvalue weighted by atomic mass is 10.2. The number of hydrogen-bond donors (Lipinski definition) is 0. The molecule has 168 valence electrons. The van der Waals surface area contributed by atoms with Crippen molar-refractivity contribution in [2.24, 2.45) is 0 Å². The summed E-state index contributed by atoms with van der Waals surface area (Å²) >= 11 is 0. The van der Waals surface area contributed by atoms with Crippen LogP contribution in [0, 0.1) is 11.3 Å². The van der Waals surface area contributed by atoms with Crippen molar-refractivity contribution < 1.29 is 4.79 Å². The normalized spacial score (nSPS) is 16.5. The SMILES string of the molecule is N#Cc1cccnc1N1CCCN(C(=O)CCc2nc3ccccc3c(=O)n2C2CC2)CC1. The third-order valence-electron chi connectivity index (χ3n) is 6.41. The number of rotatable bonds is 5. The number of nitriles is 1. The van der Waals surface area contributed by atoms with Crippen LogP contribution < -0.4 is 10.5 Å². The molecule has 0 bridgehead atoms. The number of nitrogens with zero attached hydrogens (tertiary/aromatic N) is 6. The molecule has 1 saturated carbocycles. The topological polar surface area (TPSA) is 95.1 Å². The molecule has 1 aromatic carbocycles. The molecule has 2 fully saturated rings. The Labute approximate surface area is 192 Å². The van der Waals surface area contributed by atoms with E-state index in [0.29, 0.717) is 60.6 Å². The lowest BCUT2D eigenvalue weighted by Crippen LogP contribution is -2.36. The predicted octanol–water partition coefficient (Wildman–Crippen LogP) is 2.67. The highest BCUT2D eigenvalue weighted by Crippen LogP contribution is 2.35. The van der Waals surface area contributed by atoms with Crippen LogP contribution in [0.5, 0.6) is 0 Å². The van der Waals surface area contributed by atoms with Gasteiger partial charge in [-0.1, -0.05) is 12.1 Å². The molecule has 3 aromatic rings. The smallest absolute Gasteiger partial charge is 0.261 e. The fourth-order valence-corrected chi connectivity index (χ4v) is 4.57. The van der Waals surface area contributed by atoms with Crippen molar-refractivity contribution in [2.45, 2.75) is 38.1 Å². The zero-order chi connectivity index (χ0) is 22.8. The molecule has 0 radical (unpaired) electrons. The van der Waals surface area contributed by atoms with Gasteiger partial charge in [0.1, 0.15) is 17.7 Å². The minimum atomic E-state index is -0.000351. The van der Waals surface area contributed by atoms with E-state index in [1.165, 1.54) is 0 Å². The first-order chi connectivity index (χ1) is 16.2. The number of para-hydroxylation sites is 1. The number of carbonyl (C=O) groups excluding carboxylic acids is 1. The van der Waals surface area contributed by atoms with E-state index in [4.69, 9.17) is 4.98 Å². The maximum Gasteiger partial charge on any atom is 0.261 e. The van der Waals surface area contributed by atoms with Crippen LogP contribution in [0.3, 0.4) is 0 Å². The van der Waals surface area contributed by atoms with Crippen LogP contribution in [0.2, 0.25) is 0 Å². The first-order valence-electron chi connectivity index (χ1n) is 11.5. The van der Waals surface area contributed by atoms with Crippen LogP contribution in [0.25, 0.3) is 10.9 Å².